The lowest BCUT2D eigenvalue weighted by Crippen LogP contribution is -2.37. The van der Waals surface area contributed by atoms with Crippen LogP contribution in [0, 0.1) is 4.91 Å². The van der Waals surface area contributed by atoms with Gasteiger partial charge in [0.25, 0.3) is 5.91 Å². The number of para-hydroxylation sites is 1. The predicted octanol–water partition coefficient (Wildman–Crippen LogP) is 3.72. The highest BCUT2D eigenvalue weighted by atomic mass is 16.3. The van der Waals surface area contributed by atoms with Crippen LogP contribution in [-0.2, 0) is 6.42 Å². The van der Waals surface area contributed by atoms with Crippen molar-refractivity contribution in [1.82, 2.24) is 24.7 Å². The third kappa shape index (κ3) is 3.46. The Labute approximate surface area is 177 Å². The van der Waals surface area contributed by atoms with Gasteiger partial charge >= 0.3 is 0 Å². The Morgan fingerprint density at radius 2 is 1.84 bits per heavy atom. The van der Waals surface area contributed by atoms with E-state index in [1.54, 1.807) is 46.2 Å². The van der Waals surface area contributed by atoms with Crippen LogP contribution in [0.2, 0.25) is 0 Å². The van der Waals surface area contributed by atoms with Gasteiger partial charge in [-0.2, -0.15) is 5.10 Å². The number of carbonyl (C=O) groups excluding carboxylic acids is 1. The molecular weight excluding hydrogens is 394 g/mol. The minimum atomic E-state index is -0.293. The molecule has 9 nitrogen and oxygen atoms in total. The number of nitroso groups, excluding NO2 is 1. The lowest BCUT2D eigenvalue weighted by atomic mass is 10.1. The zero-order chi connectivity index (χ0) is 21.2. The van der Waals surface area contributed by atoms with Gasteiger partial charge in [-0.05, 0) is 48.4 Å². The number of aromatic nitrogens is 5. The topological polar surface area (TPSA) is 106 Å². The largest absolute Gasteiger partial charge is 0.291 e. The average molecular weight is 411 g/mol. The third-order valence-electron chi connectivity index (χ3n) is 5.08. The van der Waals surface area contributed by atoms with Crippen molar-refractivity contribution in [2.75, 3.05) is 11.4 Å². The van der Waals surface area contributed by atoms with Crippen LogP contribution in [-0.4, -0.2) is 37.2 Å². The van der Waals surface area contributed by atoms with Crippen molar-refractivity contribution in [2.24, 2.45) is 5.18 Å². The van der Waals surface area contributed by atoms with Gasteiger partial charge < -0.3 is 0 Å². The first kappa shape index (κ1) is 18.7. The summed E-state index contributed by atoms with van der Waals surface area (Å²) in [5.74, 6) is 0.385. The van der Waals surface area contributed by atoms with Gasteiger partial charge in [0.05, 0.1) is 5.69 Å². The smallest absolute Gasteiger partial charge is 0.279 e. The zero-order valence-corrected chi connectivity index (χ0v) is 16.4. The molecule has 1 aliphatic rings. The molecule has 0 unspecified atom stereocenters. The molecule has 0 radical (unpaired) electrons. The fourth-order valence-electron chi connectivity index (χ4n) is 3.61. The van der Waals surface area contributed by atoms with Crippen LogP contribution in [0.3, 0.4) is 0 Å². The summed E-state index contributed by atoms with van der Waals surface area (Å²) in [4.78, 5) is 39.5. The Balaban J connectivity index is 1.55. The van der Waals surface area contributed by atoms with Crippen LogP contribution in [0.4, 0.5) is 11.6 Å². The Morgan fingerprint density at radius 3 is 2.61 bits per heavy atom. The summed E-state index contributed by atoms with van der Waals surface area (Å²) in [7, 11) is 0. The fourth-order valence-corrected chi connectivity index (χ4v) is 3.61. The molecule has 0 bridgehead atoms. The second kappa shape index (κ2) is 7.86. The number of nitrogens with zero attached hydrogens (tertiary/aromatic N) is 7. The summed E-state index contributed by atoms with van der Waals surface area (Å²) in [6.45, 7) is 0.459. The molecule has 0 saturated heterocycles. The number of carbonyl (C=O) groups is 1. The van der Waals surface area contributed by atoms with E-state index in [4.69, 9.17) is 0 Å². The molecular formula is C22H17N7O2. The molecule has 1 aromatic carbocycles. The molecule has 0 atom stereocenters. The molecule has 1 amide bonds. The summed E-state index contributed by atoms with van der Waals surface area (Å²) < 4.78 is 1.65. The first-order chi connectivity index (χ1) is 15.2. The van der Waals surface area contributed by atoms with E-state index >= 15 is 0 Å². The normalized spacial score (nSPS) is 13.0. The van der Waals surface area contributed by atoms with Crippen molar-refractivity contribution in [3.05, 3.63) is 83.2 Å². The van der Waals surface area contributed by atoms with Crippen molar-refractivity contribution >= 4 is 17.5 Å². The zero-order valence-electron chi connectivity index (χ0n) is 16.4. The van der Waals surface area contributed by atoms with Crippen molar-refractivity contribution in [3.63, 3.8) is 0 Å². The van der Waals surface area contributed by atoms with Crippen molar-refractivity contribution in [1.29, 1.82) is 0 Å². The number of hydrogen-bond donors (Lipinski definition) is 0. The van der Waals surface area contributed by atoms with E-state index in [1.807, 2.05) is 30.3 Å². The highest BCUT2D eigenvalue weighted by molar-refractivity contribution is 6.05. The van der Waals surface area contributed by atoms with Gasteiger partial charge in [-0.25, -0.2) is 14.6 Å². The standard InChI is InChI=1S/C22H17N7O2/c30-22(18-11-14-29(26-18)15-7-2-1-3-8-15)28-13-6-9-16-19(27-31)24-20(25-21(16)28)17-10-4-5-12-23-17/h1-5,7-8,10-12,14H,6,9,13H2. The molecule has 0 N–H and O–H groups in total. The first-order valence-corrected chi connectivity index (χ1v) is 9.83. The average Bonchev–Trinajstić information content (AvgIpc) is 3.34. The van der Waals surface area contributed by atoms with Gasteiger partial charge in [0.1, 0.15) is 11.5 Å². The minimum Gasteiger partial charge on any atom is -0.291 e. The lowest BCUT2D eigenvalue weighted by molar-refractivity contribution is 0.0979. The number of fused-ring (bicyclic) bond motifs is 1. The Kier molecular flexibility index (Phi) is 4.75. The van der Waals surface area contributed by atoms with E-state index in [2.05, 4.69) is 25.2 Å². The van der Waals surface area contributed by atoms with Crippen LogP contribution in [0.15, 0.2) is 72.2 Å². The molecule has 152 valence electrons. The van der Waals surface area contributed by atoms with Gasteiger partial charge in [0.15, 0.2) is 11.5 Å². The van der Waals surface area contributed by atoms with Gasteiger partial charge in [-0.3, -0.25) is 14.7 Å². The molecule has 4 aromatic rings. The second-order valence-electron chi connectivity index (χ2n) is 7.02. The molecule has 31 heavy (non-hydrogen) atoms. The quantitative estimate of drug-likeness (QED) is 0.474. The highest BCUT2D eigenvalue weighted by Gasteiger charge is 2.30. The van der Waals surface area contributed by atoms with E-state index in [-0.39, 0.29) is 23.2 Å². The summed E-state index contributed by atoms with van der Waals surface area (Å²) in [6.07, 6.45) is 4.60. The van der Waals surface area contributed by atoms with E-state index in [0.717, 1.165) is 5.69 Å². The molecule has 0 fully saturated rings. The number of hydrogen-bond acceptors (Lipinski definition) is 7. The van der Waals surface area contributed by atoms with Crippen molar-refractivity contribution < 1.29 is 4.79 Å². The molecule has 9 heteroatoms. The summed E-state index contributed by atoms with van der Waals surface area (Å²) >= 11 is 0. The monoisotopic (exact) mass is 411 g/mol. The van der Waals surface area contributed by atoms with E-state index in [9.17, 15) is 9.70 Å². The molecule has 1 aliphatic heterocycles. The maximum atomic E-state index is 13.3. The Morgan fingerprint density at radius 1 is 1.00 bits per heavy atom. The van der Waals surface area contributed by atoms with Gasteiger partial charge in [-0.15, -0.1) is 4.91 Å². The Hall–Kier alpha value is -4.27. The molecule has 0 spiro atoms. The molecule has 4 heterocycles. The molecule has 0 saturated carbocycles. The highest BCUT2D eigenvalue weighted by Crippen LogP contribution is 2.34. The lowest BCUT2D eigenvalue weighted by Gasteiger charge is -2.28. The number of benzene rings is 1. The molecule has 3 aromatic heterocycles. The Bertz CT molecular complexity index is 1260. The third-order valence-corrected chi connectivity index (χ3v) is 5.08. The summed E-state index contributed by atoms with van der Waals surface area (Å²) in [5, 5.41) is 7.53. The maximum Gasteiger partial charge on any atom is 0.279 e. The summed E-state index contributed by atoms with van der Waals surface area (Å²) in [6, 6.07) is 16.5. The number of rotatable bonds is 4. The first-order valence-electron chi connectivity index (χ1n) is 9.83. The number of anilines is 1. The molecule has 0 aliphatic carbocycles. The number of amides is 1. The summed E-state index contributed by atoms with van der Waals surface area (Å²) in [5.41, 5.74) is 2.21. The minimum absolute atomic E-state index is 0.0398. The van der Waals surface area contributed by atoms with Crippen molar-refractivity contribution in [3.8, 4) is 17.2 Å². The predicted molar refractivity (Wildman–Crippen MR) is 114 cm³/mol. The van der Waals surface area contributed by atoms with Crippen molar-refractivity contribution in [2.45, 2.75) is 12.8 Å². The van der Waals surface area contributed by atoms with Gasteiger partial charge in [0.2, 0.25) is 5.82 Å². The fraction of sp³-hybridized carbons (Fsp3) is 0.136. The SMILES string of the molecule is O=Nc1nc(-c2ccccn2)nc2c1CCCN2C(=O)c1ccn(-c2ccccc2)n1. The second-order valence-corrected chi connectivity index (χ2v) is 7.02. The maximum absolute atomic E-state index is 13.3. The van der Waals surface area contributed by atoms with E-state index < -0.39 is 0 Å². The van der Waals surface area contributed by atoms with Crippen LogP contribution in [0.1, 0.15) is 22.5 Å². The van der Waals surface area contributed by atoms with E-state index in [1.165, 1.54) is 0 Å². The van der Waals surface area contributed by atoms with E-state index in [0.29, 0.717) is 36.5 Å². The van der Waals surface area contributed by atoms with Gasteiger partial charge in [0, 0.05) is 24.5 Å². The van der Waals surface area contributed by atoms with Gasteiger partial charge in [-0.1, -0.05) is 24.3 Å². The van der Waals surface area contributed by atoms with Crippen LogP contribution in [0.5, 0.6) is 0 Å². The van der Waals surface area contributed by atoms with Crippen LogP contribution < -0.4 is 4.90 Å². The van der Waals surface area contributed by atoms with Crippen LogP contribution >= 0.6 is 0 Å². The van der Waals surface area contributed by atoms with Crippen LogP contribution in [0.25, 0.3) is 17.2 Å². The molecule has 5 rings (SSSR count). The number of pyridine rings is 1.